The van der Waals surface area contributed by atoms with Crippen LogP contribution in [0.3, 0.4) is 0 Å². The van der Waals surface area contributed by atoms with E-state index in [4.69, 9.17) is 18.9 Å². The topological polar surface area (TPSA) is 112 Å². The summed E-state index contributed by atoms with van der Waals surface area (Å²) in [5, 5.41) is 11.5. The third kappa shape index (κ3) is 4.90. The van der Waals surface area contributed by atoms with Gasteiger partial charge in [-0.3, -0.25) is 19.3 Å². The molecule has 1 atom stereocenters. The van der Waals surface area contributed by atoms with Gasteiger partial charge in [-0.05, 0) is 53.6 Å². The van der Waals surface area contributed by atoms with Gasteiger partial charge >= 0.3 is 5.97 Å². The number of ether oxygens (including phenoxy) is 4. The molecule has 0 aliphatic carbocycles. The van der Waals surface area contributed by atoms with Gasteiger partial charge in [0.1, 0.15) is 23.0 Å². The number of rotatable bonds is 8. The molecule has 4 rings (SSSR count). The van der Waals surface area contributed by atoms with E-state index in [0.29, 0.717) is 34.1 Å². The Morgan fingerprint density at radius 1 is 0.842 bits per heavy atom. The Labute approximate surface area is 219 Å². The first kappa shape index (κ1) is 26.3. The lowest BCUT2D eigenvalue weighted by atomic mass is 9.94. The lowest BCUT2D eigenvalue weighted by Crippen LogP contribution is -2.29. The van der Waals surface area contributed by atoms with E-state index in [1.807, 2.05) is 0 Å². The second kappa shape index (κ2) is 11.1. The van der Waals surface area contributed by atoms with Crippen LogP contribution in [-0.4, -0.2) is 51.2 Å². The van der Waals surface area contributed by atoms with Crippen molar-refractivity contribution >= 4 is 29.1 Å². The molecule has 1 N–H and O–H groups in total. The number of aliphatic hydroxyl groups is 1. The predicted molar refractivity (Wildman–Crippen MR) is 139 cm³/mol. The summed E-state index contributed by atoms with van der Waals surface area (Å²) in [6.45, 7) is 0. The highest BCUT2D eigenvalue weighted by Crippen LogP contribution is 2.44. The molecule has 38 heavy (non-hydrogen) atoms. The number of hydrogen-bond acceptors (Lipinski definition) is 8. The second-order valence-electron chi connectivity index (χ2n) is 8.43. The van der Waals surface area contributed by atoms with Crippen molar-refractivity contribution < 1.29 is 38.4 Å². The van der Waals surface area contributed by atoms with Crippen LogP contribution in [0.1, 0.15) is 22.7 Å². The number of carbonyl (C=O) groups is 3. The van der Waals surface area contributed by atoms with Crippen LogP contribution in [0, 0.1) is 0 Å². The van der Waals surface area contributed by atoms with Crippen molar-refractivity contribution in [2.45, 2.75) is 12.5 Å². The summed E-state index contributed by atoms with van der Waals surface area (Å²) >= 11 is 0. The smallest absolute Gasteiger partial charge is 0.309 e. The molecule has 0 saturated carbocycles. The molecule has 1 amide bonds. The van der Waals surface area contributed by atoms with Crippen LogP contribution < -0.4 is 19.1 Å². The number of ketones is 1. The maximum atomic E-state index is 13.4. The van der Waals surface area contributed by atoms with Gasteiger partial charge in [-0.2, -0.15) is 0 Å². The summed E-state index contributed by atoms with van der Waals surface area (Å²) < 4.78 is 20.7. The van der Waals surface area contributed by atoms with Crippen molar-refractivity contribution in [2.75, 3.05) is 33.3 Å². The predicted octanol–water partition coefficient (Wildman–Crippen LogP) is 4.05. The highest BCUT2D eigenvalue weighted by Gasteiger charge is 2.47. The van der Waals surface area contributed by atoms with Gasteiger partial charge in [-0.25, -0.2) is 0 Å². The number of benzene rings is 3. The Morgan fingerprint density at radius 3 is 2.05 bits per heavy atom. The minimum atomic E-state index is -0.955. The van der Waals surface area contributed by atoms with Crippen molar-refractivity contribution in [1.82, 2.24) is 0 Å². The molecule has 3 aromatic rings. The number of anilines is 1. The van der Waals surface area contributed by atoms with Crippen molar-refractivity contribution in [3.8, 4) is 17.2 Å². The average Bonchev–Trinajstić information content (AvgIpc) is 3.22. The van der Waals surface area contributed by atoms with E-state index in [0.717, 1.165) is 0 Å². The molecule has 0 aromatic heterocycles. The molecule has 0 radical (unpaired) electrons. The molecule has 1 saturated heterocycles. The standard InChI is InChI=1S/C29H27NO8/c1-35-20-11-7-18(8-12-20)26-25(27(32)22-16-21(36-2)13-14-23(22)37-3)28(33)29(34)30(26)19-9-5-17(6-10-19)15-24(31)38-4/h5-14,16,26,32H,15H2,1-4H3/b27-25+. The number of methoxy groups -OCH3 is 4. The van der Waals surface area contributed by atoms with Gasteiger partial charge < -0.3 is 24.1 Å². The zero-order valence-corrected chi connectivity index (χ0v) is 21.4. The minimum absolute atomic E-state index is 0.0626. The van der Waals surface area contributed by atoms with Crippen LogP contribution in [0.4, 0.5) is 5.69 Å². The minimum Gasteiger partial charge on any atom is -0.507 e. The van der Waals surface area contributed by atoms with Crippen LogP contribution in [0.25, 0.3) is 5.76 Å². The largest absolute Gasteiger partial charge is 0.507 e. The molecule has 1 aliphatic rings. The maximum Gasteiger partial charge on any atom is 0.309 e. The number of esters is 1. The SMILES string of the molecule is COC(=O)Cc1ccc(N2C(=O)C(=O)/C(=C(/O)c3cc(OC)ccc3OC)C2c2ccc(OC)cc2)cc1. The van der Waals surface area contributed by atoms with Gasteiger partial charge in [0.05, 0.1) is 52.0 Å². The van der Waals surface area contributed by atoms with Gasteiger partial charge in [-0.1, -0.05) is 24.3 Å². The Balaban J connectivity index is 1.89. The monoisotopic (exact) mass is 517 g/mol. The van der Waals surface area contributed by atoms with Gasteiger partial charge in [0.2, 0.25) is 0 Å². The Hall–Kier alpha value is -4.79. The molecule has 1 fully saturated rings. The average molecular weight is 518 g/mol. The van der Waals surface area contributed by atoms with E-state index in [1.54, 1.807) is 60.7 Å². The molecular weight excluding hydrogens is 490 g/mol. The van der Waals surface area contributed by atoms with Crippen LogP contribution in [-0.2, 0) is 25.5 Å². The Morgan fingerprint density at radius 2 is 1.47 bits per heavy atom. The second-order valence-corrected chi connectivity index (χ2v) is 8.43. The molecule has 0 bridgehead atoms. The highest BCUT2D eigenvalue weighted by molar-refractivity contribution is 6.51. The lowest BCUT2D eigenvalue weighted by Gasteiger charge is -2.26. The zero-order valence-electron chi connectivity index (χ0n) is 21.4. The third-order valence-corrected chi connectivity index (χ3v) is 6.33. The number of Topliss-reactive ketones (excluding diaryl/α,β-unsaturated/α-hetero) is 1. The van der Waals surface area contributed by atoms with Crippen molar-refractivity contribution in [2.24, 2.45) is 0 Å². The normalized spacial score (nSPS) is 16.3. The van der Waals surface area contributed by atoms with E-state index in [-0.39, 0.29) is 17.6 Å². The third-order valence-electron chi connectivity index (χ3n) is 6.33. The van der Waals surface area contributed by atoms with E-state index >= 15 is 0 Å². The summed E-state index contributed by atoms with van der Waals surface area (Å²) in [5.41, 5.74) is 1.77. The molecule has 196 valence electrons. The van der Waals surface area contributed by atoms with Gasteiger partial charge in [0.25, 0.3) is 11.7 Å². The number of hydrogen-bond donors (Lipinski definition) is 1. The van der Waals surface area contributed by atoms with Crippen molar-refractivity contribution in [1.29, 1.82) is 0 Å². The fraction of sp³-hybridized carbons (Fsp3) is 0.207. The number of amides is 1. The first-order chi connectivity index (χ1) is 18.3. The van der Waals surface area contributed by atoms with Crippen LogP contribution in [0.15, 0.2) is 72.3 Å². The molecule has 9 heteroatoms. The summed E-state index contributed by atoms with van der Waals surface area (Å²) in [6, 6.07) is 17.4. The van der Waals surface area contributed by atoms with Crippen molar-refractivity contribution in [3.05, 3.63) is 89.0 Å². The molecular formula is C29H27NO8. The number of carbonyl (C=O) groups excluding carboxylic acids is 3. The molecule has 3 aromatic carbocycles. The Kier molecular flexibility index (Phi) is 7.66. The number of aliphatic hydroxyl groups excluding tert-OH is 1. The van der Waals surface area contributed by atoms with Gasteiger partial charge in [-0.15, -0.1) is 0 Å². The molecule has 9 nitrogen and oxygen atoms in total. The molecule has 1 unspecified atom stereocenters. The van der Waals surface area contributed by atoms with Crippen LogP contribution in [0.2, 0.25) is 0 Å². The maximum absolute atomic E-state index is 13.4. The molecule has 1 heterocycles. The van der Waals surface area contributed by atoms with E-state index in [9.17, 15) is 19.5 Å². The highest BCUT2D eigenvalue weighted by atomic mass is 16.5. The quantitative estimate of drug-likeness (QED) is 0.206. The van der Waals surface area contributed by atoms with E-state index in [1.165, 1.54) is 39.4 Å². The summed E-state index contributed by atoms with van der Waals surface area (Å²) in [4.78, 5) is 39.9. The zero-order chi connectivity index (χ0) is 27.4. The fourth-order valence-corrected chi connectivity index (χ4v) is 4.36. The Bertz CT molecular complexity index is 1390. The molecule has 1 aliphatic heterocycles. The van der Waals surface area contributed by atoms with Crippen molar-refractivity contribution in [3.63, 3.8) is 0 Å². The van der Waals surface area contributed by atoms with Crippen LogP contribution >= 0.6 is 0 Å². The van der Waals surface area contributed by atoms with E-state index < -0.39 is 29.5 Å². The summed E-state index contributed by atoms with van der Waals surface area (Å²) in [6.07, 6.45) is 0.0626. The summed E-state index contributed by atoms with van der Waals surface area (Å²) in [5.74, 6) is -1.14. The first-order valence-corrected chi connectivity index (χ1v) is 11.7. The molecule has 0 spiro atoms. The summed E-state index contributed by atoms with van der Waals surface area (Å²) in [7, 11) is 5.76. The van der Waals surface area contributed by atoms with Gasteiger partial charge in [0, 0.05) is 5.69 Å². The fourth-order valence-electron chi connectivity index (χ4n) is 4.36. The lowest BCUT2D eigenvalue weighted by molar-refractivity contribution is -0.139. The van der Waals surface area contributed by atoms with Crippen LogP contribution in [0.5, 0.6) is 17.2 Å². The van der Waals surface area contributed by atoms with E-state index in [2.05, 4.69) is 0 Å². The number of nitrogens with zero attached hydrogens (tertiary/aromatic N) is 1. The first-order valence-electron chi connectivity index (χ1n) is 11.7. The van der Waals surface area contributed by atoms with Gasteiger partial charge in [0.15, 0.2) is 0 Å².